The molecule has 1 N–H and O–H groups in total. The molecule has 0 spiro atoms. The van der Waals surface area contributed by atoms with Crippen molar-refractivity contribution in [1.29, 1.82) is 0 Å². The van der Waals surface area contributed by atoms with Crippen molar-refractivity contribution in [2.24, 2.45) is 7.05 Å². The first-order valence-electron chi connectivity index (χ1n) is 5.45. The Morgan fingerprint density at radius 2 is 2.11 bits per heavy atom. The molecule has 0 radical (unpaired) electrons. The molecule has 7 heteroatoms. The van der Waals surface area contributed by atoms with Gasteiger partial charge < -0.3 is 9.88 Å². The summed E-state index contributed by atoms with van der Waals surface area (Å²) in [6, 6.07) is 3.50. The molecule has 0 atom stereocenters. The Labute approximate surface area is 116 Å². The van der Waals surface area contributed by atoms with Crippen molar-refractivity contribution < 1.29 is 13.2 Å². The van der Waals surface area contributed by atoms with Gasteiger partial charge in [-0.05, 0) is 34.1 Å². The highest BCUT2D eigenvalue weighted by atomic mass is 79.9. The largest absolute Gasteiger partial charge is 0.416 e. The first-order chi connectivity index (χ1) is 8.88. The zero-order valence-corrected chi connectivity index (χ0v) is 11.6. The van der Waals surface area contributed by atoms with Gasteiger partial charge in [-0.25, -0.2) is 4.98 Å². The molecular weight excluding hydrogens is 323 g/mol. The number of nitrogens with one attached hydrogen (secondary N) is 1. The van der Waals surface area contributed by atoms with Crippen LogP contribution in [0.25, 0.3) is 0 Å². The predicted octanol–water partition coefficient (Wildman–Crippen LogP) is 3.81. The van der Waals surface area contributed by atoms with E-state index in [0.29, 0.717) is 16.7 Å². The zero-order chi connectivity index (χ0) is 14.0. The topological polar surface area (TPSA) is 29.9 Å². The molecule has 2 aromatic rings. The summed E-state index contributed by atoms with van der Waals surface area (Å²) in [7, 11) is 1.85. The van der Waals surface area contributed by atoms with E-state index in [4.69, 9.17) is 0 Å². The number of anilines is 1. The third-order valence-electron chi connectivity index (χ3n) is 2.65. The average Bonchev–Trinajstić information content (AvgIpc) is 2.72. The van der Waals surface area contributed by atoms with Crippen molar-refractivity contribution in [3.05, 3.63) is 46.5 Å². The Bertz CT molecular complexity index is 578. The molecule has 1 aromatic heterocycles. The molecule has 0 aliphatic rings. The van der Waals surface area contributed by atoms with Crippen LogP contribution in [0.4, 0.5) is 18.9 Å². The molecule has 0 aliphatic heterocycles. The van der Waals surface area contributed by atoms with Gasteiger partial charge in [0, 0.05) is 29.6 Å². The molecule has 0 unspecified atom stereocenters. The SMILES string of the molecule is Cn1ccnc1CNc1ccc(C(F)(F)F)cc1Br. The monoisotopic (exact) mass is 333 g/mol. The summed E-state index contributed by atoms with van der Waals surface area (Å²) >= 11 is 3.13. The minimum Gasteiger partial charge on any atom is -0.377 e. The van der Waals surface area contributed by atoms with Crippen LogP contribution in [0.5, 0.6) is 0 Å². The maximum Gasteiger partial charge on any atom is 0.416 e. The van der Waals surface area contributed by atoms with E-state index in [1.54, 1.807) is 12.4 Å². The van der Waals surface area contributed by atoms with Crippen LogP contribution in [0.2, 0.25) is 0 Å². The molecule has 0 saturated carbocycles. The first kappa shape index (κ1) is 13.9. The molecule has 1 aromatic carbocycles. The van der Waals surface area contributed by atoms with E-state index in [2.05, 4.69) is 26.2 Å². The van der Waals surface area contributed by atoms with Crippen LogP contribution in [0, 0.1) is 0 Å². The van der Waals surface area contributed by atoms with E-state index in [-0.39, 0.29) is 0 Å². The lowest BCUT2D eigenvalue weighted by Crippen LogP contribution is -2.08. The Kier molecular flexibility index (Phi) is 3.84. The maximum atomic E-state index is 12.5. The van der Waals surface area contributed by atoms with Crippen LogP contribution in [-0.2, 0) is 19.8 Å². The number of rotatable bonds is 3. The lowest BCUT2D eigenvalue weighted by Gasteiger charge is -2.12. The second kappa shape index (κ2) is 5.24. The van der Waals surface area contributed by atoms with Crippen molar-refractivity contribution in [2.75, 3.05) is 5.32 Å². The lowest BCUT2D eigenvalue weighted by atomic mass is 10.2. The van der Waals surface area contributed by atoms with Crippen LogP contribution in [0.15, 0.2) is 35.1 Å². The quantitative estimate of drug-likeness (QED) is 0.925. The van der Waals surface area contributed by atoms with Crippen molar-refractivity contribution in [3.8, 4) is 0 Å². The third-order valence-corrected chi connectivity index (χ3v) is 3.31. The Morgan fingerprint density at radius 1 is 1.37 bits per heavy atom. The second-order valence-corrected chi connectivity index (χ2v) is 4.85. The van der Waals surface area contributed by atoms with Crippen LogP contribution in [0.1, 0.15) is 11.4 Å². The van der Waals surface area contributed by atoms with Gasteiger partial charge in [-0.1, -0.05) is 0 Å². The average molecular weight is 334 g/mol. The van der Waals surface area contributed by atoms with Crippen LogP contribution in [0.3, 0.4) is 0 Å². The number of benzene rings is 1. The summed E-state index contributed by atoms with van der Waals surface area (Å²) in [5.74, 6) is 0.798. The van der Waals surface area contributed by atoms with Crippen molar-refractivity contribution in [1.82, 2.24) is 9.55 Å². The molecule has 19 heavy (non-hydrogen) atoms. The van der Waals surface area contributed by atoms with Gasteiger partial charge in [-0.2, -0.15) is 13.2 Å². The van der Waals surface area contributed by atoms with Gasteiger partial charge in [-0.15, -0.1) is 0 Å². The molecule has 0 amide bonds. The summed E-state index contributed by atoms with van der Waals surface area (Å²) in [5, 5.41) is 3.04. The van der Waals surface area contributed by atoms with Gasteiger partial charge >= 0.3 is 6.18 Å². The number of aryl methyl sites for hydroxylation is 1. The molecule has 3 nitrogen and oxygen atoms in total. The summed E-state index contributed by atoms with van der Waals surface area (Å²) < 4.78 is 39.7. The summed E-state index contributed by atoms with van der Waals surface area (Å²) in [5.41, 5.74) is -0.0853. The van der Waals surface area contributed by atoms with Crippen LogP contribution < -0.4 is 5.32 Å². The Hall–Kier alpha value is -1.50. The molecule has 0 saturated heterocycles. The number of nitrogens with zero attached hydrogens (tertiary/aromatic N) is 2. The van der Waals surface area contributed by atoms with Crippen molar-refractivity contribution in [3.63, 3.8) is 0 Å². The number of hydrogen-bond donors (Lipinski definition) is 1. The van der Waals surface area contributed by atoms with Crippen LogP contribution in [-0.4, -0.2) is 9.55 Å². The Morgan fingerprint density at radius 3 is 2.63 bits per heavy atom. The fourth-order valence-corrected chi connectivity index (χ4v) is 2.09. The molecule has 0 aliphatic carbocycles. The smallest absolute Gasteiger partial charge is 0.377 e. The normalized spacial score (nSPS) is 11.6. The van der Waals surface area contributed by atoms with Gasteiger partial charge in [0.2, 0.25) is 0 Å². The summed E-state index contributed by atoms with van der Waals surface area (Å²) in [6.07, 6.45) is -0.863. The van der Waals surface area contributed by atoms with E-state index < -0.39 is 11.7 Å². The zero-order valence-electron chi connectivity index (χ0n) is 10.0. The Balaban J connectivity index is 2.12. The standard InChI is InChI=1S/C12H11BrF3N3/c1-19-5-4-17-11(19)7-18-10-3-2-8(6-9(10)13)12(14,15)16/h2-6,18H,7H2,1H3. The summed E-state index contributed by atoms with van der Waals surface area (Å²) in [6.45, 7) is 0.438. The highest BCUT2D eigenvalue weighted by Gasteiger charge is 2.30. The highest BCUT2D eigenvalue weighted by molar-refractivity contribution is 9.10. The van der Waals surface area contributed by atoms with E-state index in [1.807, 2.05) is 11.6 Å². The second-order valence-electron chi connectivity index (χ2n) is 4.00. The highest BCUT2D eigenvalue weighted by Crippen LogP contribution is 2.33. The molecule has 0 bridgehead atoms. The first-order valence-corrected chi connectivity index (χ1v) is 6.24. The molecule has 102 valence electrons. The van der Waals surface area contributed by atoms with Gasteiger partial charge in [0.15, 0.2) is 0 Å². The fourth-order valence-electron chi connectivity index (χ4n) is 1.58. The minimum atomic E-state index is -4.33. The minimum absolute atomic E-state index is 0.372. The van der Waals surface area contributed by atoms with Crippen LogP contribution >= 0.6 is 15.9 Å². The molecule has 2 rings (SSSR count). The van der Waals surface area contributed by atoms with E-state index in [9.17, 15) is 13.2 Å². The lowest BCUT2D eigenvalue weighted by molar-refractivity contribution is -0.137. The van der Waals surface area contributed by atoms with Gasteiger partial charge in [0.1, 0.15) is 5.82 Å². The van der Waals surface area contributed by atoms with Crippen molar-refractivity contribution in [2.45, 2.75) is 12.7 Å². The van der Waals surface area contributed by atoms with E-state index in [0.717, 1.165) is 18.0 Å². The van der Waals surface area contributed by atoms with Gasteiger partial charge in [0.25, 0.3) is 0 Å². The summed E-state index contributed by atoms with van der Waals surface area (Å²) in [4.78, 5) is 4.12. The number of halogens is 4. The van der Waals surface area contributed by atoms with E-state index >= 15 is 0 Å². The van der Waals surface area contributed by atoms with Gasteiger partial charge in [-0.3, -0.25) is 0 Å². The number of hydrogen-bond acceptors (Lipinski definition) is 2. The molecule has 1 heterocycles. The molecular formula is C12H11BrF3N3. The number of imidazole rings is 1. The number of aromatic nitrogens is 2. The number of alkyl halides is 3. The van der Waals surface area contributed by atoms with Crippen molar-refractivity contribution >= 4 is 21.6 Å². The van der Waals surface area contributed by atoms with E-state index in [1.165, 1.54) is 6.07 Å². The third kappa shape index (κ3) is 3.28. The fraction of sp³-hybridized carbons (Fsp3) is 0.250. The molecule has 0 fully saturated rings. The maximum absolute atomic E-state index is 12.5. The predicted molar refractivity (Wildman–Crippen MR) is 69.7 cm³/mol. The van der Waals surface area contributed by atoms with Gasteiger partial charge in [0.05, 0.1) is 12.1 Å².